The number of ether oxygens (including phenoxy) is 4. The fourth-order valence-electron chi connectivity index (χ4n) is 3.20. The Hall–Kier alpha value is -2.65. The Morgan fingerprint density at radius 2 is 1.83 bits per heavy atom. The Bertz CT molecular complexity index is 835. The number of aliphatic hydroxyl groups excluding tert-OH is 3. The second-order valence-corrected chi connectivity index (χ2v) is 6.68. The standard InChI is InChI=1S/C21H24O8/c1-26-17-8-5-13(20-19(24)16(23)10-15(11-22)29-20)9-18(17)28-14-6-3-12(4-7-14)21(25)27-2/h3-9,15-16,19-20,22-24H,10-11H2,1-2H3. The fraction of sp³-hybridized carbons (Fsp3) is 0.381. The summed E-state index contributed by atoms with van der Waals surface area (Å²) >= 11 is 0. The highest BCUT2D eigenvalue weighted by molar-refractivity contribution is 5.89. The molecule has 2 aromatic rings. The molecular weight excluding hydrogens is 380 g/mol. The molecule has 1 fully saturated rings. The Morgan fingerprint density at radius 1 is 1.10 bits per heavy atom. The molecule has 1 aliphatic heterocycles. The second-order valence-electron chi connectivity index (χ2n) is 6.68. The minimum absolute atomic E-state index is 0.153. The van der Waals surface area contributed by atoms with Crippen molar-refractivity contribution >= 4 is 5.97 Å². The maximum Gasteiger partial charge on any atom is 0.337 e. The summed E-state index contributed by atoms with van der Waals surface area (Å²) in [6.07, 6.45) is -3.40. The molecule has 0 amide bonds. The number of rotatable bonds is 6. The molecule has 3 N–H and O–H groups in total. The number of methoxy groups -OCH3 is 2. The molecule has 156 valence electrons. The van der Waals surface area contributed by atoms with Crippen LogP contribution in [0.4, 0.5) is 0 Å². The van der Waals surface area contributed by atoms with Crippen molar-refractivity contribution in [3.63, 3.8) is 0 Å². The van der Waals surface area contributed by atoms with Crippen LogP contribution in [0.2, 0.25) is 0 Å². The summed E-state index contributed by atoms with van der Waals surface area (Å²) in [5.74, 6) is 0.839. The number of carbonyl (C=O) groups excluding carboxylic acids is 1. The van der Waals surface area contributed by atoms with Gasteiger partial charge in [-0.3, -0.25) is 0 Å². The highest BCUT2D eigenvalue weighted by Crippen LogP contribution is 2.38. The molecule has 4 atom stereocenters. The van der Waals surface area contributed by atoms with Gasteiger partial charge in [-0.25, -0.2) is 4.79 Å². The number of esters is 1. The first kappa shape index (κ1) is 21.1. The van der Waals surface area contributed by atoms with Gasteiger partial charge in [0.05, 0.1) is 38.6 Å². The van der Waals surface area contributed by atoms with Gasteiger partial charge in [-0.15, -0.1) is 0 Å². The second kappa shape index (κ2) is 9.23. The fourth-order valence-corrected chi connectivity index (χ4v) is 3.20. The SMILES string of the molecule is COC(=O)c1ccc(Oc2cc(C3OC(CO)CC(O)C3O)ccc2OC)cc1. The summed E-state index contributed by atoms with van der Waals surface area (Å²) in [4.78, 5) is 11.6. The van der Waals surface area contributed by atoms with Crippen molar-refractivity contribution in [1.29, 1.82) is 0 Å². The van der Waals surface area contributed by atoms with Crippen molar-refractivity contribution in [3.8, 4) is 17.2 Å². The lowest BCUT2D eigenvalue weighted by Crippen LogP contribution is -2.44. The first-order valence-corrected chi connectivity index (χ1v) is 9.13. The third kappa shape index (κ3) is 4.68. The Kier molecular flexibility index (Phi) is 6.71. The molecule has 3 rings (SSSR count). The molecule has 1 saturated heterocycles. The van der Waals surface area contributed by atoms with Crippen molar-refractivity contribution in [2.45, 2.75) is 30.8 Å². The summed E-state index contributed by atoms with van der Waals surface area (Å²) in [6.45, 7) is -0.258. The van der Waals surface area contributed by atoms with Crippen molar-refractivity contribution < 1.29 is 39.1 Å². The zero-order valence-electron chi connectivity index (χ0n) is 16.1. The maximum absolute atomic E-state index is 11.6. The van der Waals surface area contributed by atoms with E-state index in [0.29, 0.717) is 28.4 Å². The zero-order chi connectivity index (χ0) is 21.0. The first-order chi connectivity index (χ1) is 14.0. The van der Waals surface area contributed by atoms with Crippen LogP contribution in [0, 0.1) is 0 Å². The van der Waals surface area contributed by atoms with Gasteiger partial charge in [0.15, 0.2) is 11.5 Å². The van der Waals surface area contributed by atoms with E-state index in [0.717, 1.165) is 0 Å². The molecule has 0 spiro atoms. The molecule has 8 nitrogen and oxygen atoms in total. The molecule has 0 aromatic heterocycles. The Balaban J connectivity index is 1.86. The molecule has 8 heteroatoms. The van der Waals surface area contributed by atoms with Gasteiger partial charge in [0.1, 0.15) is 18.0 Å². The summed E-state index contributed by atoms with van der Waals surface area (Å²) in [5.41, 5.74) is 0.958. The van der Waals surface area contributed by atoms with Crippen LogP contribution in [0.15, 0.2) is 42.5 Å². The number of hydrogen-bond acceptors (Lipinski definition) is 8. The van der Waals surface area contributed by atoms with Crippen molar-refractivity contribution in [1.82, 2.24) is 0 Å². The minimum atomic E-state index is -1.14. The molecule has 0 saturated carbocycles. The van der Waals surface area contributed by atoms with Gasteiger partial charge in [-0.2, -0.15) is 0 Å². The van der Waals surface area contributed by atoms with Gasteiger partial charge in [0, 0.05) is 6.42 Å². The monoisotopic (exact) mass is 404 g/mol. The summed E-state index contributed by atoms with van der Waals surface area (Å²) in [7, 11) is 2.81. The largest absolute Gasteiger partial charge is 0.493 e. The van der Waals surface area contributed by atoms with Crippen LogP contribution in [-0.2, 0) is 9.47 Å². The zero-order valence-corrected chi connectivity index (χ0v) is 16.1. The molecule has 0 aliphatic carbocycles. The Morgan fingerprint density at radius 3 is 2.45 bits per heavy atom. The van der Waals surface area contributed by atoms with Crippen molar-refractivity contribution in [2.75, 3.05) is 20.8 Å². The molecule has 2 aromatic carbocycles. The predicted octanol–water partition coefficient (Wildman–Crippen LogP) is 1.82. The van der Waals surface area contributed by atoms with Crippen LogP contribution in [0.1, 0.15) is 28.4 Å². The molecule has 0 bridgehead atoms. The lowest BCUT2D eigenvalue weighted by molar-refractivity contribution is -0.179. The highest BCUT2D eigenvalue weighted by Gasteiger charge is 2.37. The number of aliphatic hydroxyl groups is 3. The van der Waals surface area contributed by atoms with Gasteiger partial charge in [-0.05, 0) is 42.0 Å². The highest BCUT2D eigenvalue weighted by atomic mass is 16.5. The summed E-state index contributed by atoms with van der Waals surface area (Å²) in [5, 5.41) is 29.8. The number of benzene rings is 2. The van der Waals surface area contributed by atoms with Crippen LogP contribution in [0.25, 0.3) is 0 Å². The van der Waals surface area contributed by atoms with E-state index in [-0.39, 0.29) is 13.0 Å². The quantitative estimate of drug-likeness (QED) is 0.625. The van der Waals surface area contributed by atoms with Gasteiger partial charge < -0.3 is 34.3 Å². The average Bonchev–Trinajstić information content (AvgIpc) is 2.75. The van der Waals surface area contributed by atoms with E-state index in [1.165, 1.54) is 14.2 Å². The van der Waals surface area contributed by atoms with E-state index < -0.39 is 30.4 Å². The van der Waals surface area contributed by atoms with E-state index in [4.69, 9.17) is 14.2 Å². The van der Waals surface area contributed by atoms with Gasteiger partial charge in [-0.1, -0.05) is 6.07 Å². The van der Waals surface area contributed by atoms with E-state index in [9.17, 15) is 20.1 Å². The predicted molar refractivity (Wildman–Crippen MR) is 102 cm³/mol. The third-order valence-corrected chi connectivity index (χ3v) is 4.77. The third-order valence-electron chi connectivity index (χ3n) is 4.77. The van der Waals surface area contributed by atoms with E-state index in [2.05, 4.69) is 4.74 Å². The van der Waals surface area contributed by atoms with Crippen LogP contribution in [0.5, 0.6) is 17.2 Å². The van der Waals surface area contributed by atoms with Crippen LogP contribution < -0.4 is 9.47 Å². The lowest BCUT2D eigenvalue weighted by atomic mass is 9.93. The topological polar surface area (TPSA) is 115 Å². The minimum Gasteiger partial charge on any atom is -0.493 e. The van der Waals surface area contributed by atoms with Gasteiger partial charge in [0.25, 0.3) is 0 Å². The average molecular weight is 404 g/mol. The molecule has 4 unspecified atom stereocenters. The van der Waals surface area contributed by atoms with E-state index in [1.54, 1.807) is 42.5 Å². The summed E-state index contributed by atoms with van der Waals surface area (Å²) < 4.78 is 21.6. The van der Waals surface area contributed by atoms with E-state index >= 15 is 0 Å². The Labute approximate surface area is 168 Å². The number of carbonyl (C=O) groups is 1. The van der Waals surface area contributed by atoms with E-state index in [1.807, 2.05) is 0 Å². The smallest absolute Gasteiger partial charge is 0.337 e. The molecule has 29 heavy (non-hydrogen) atoms. The first-order valence-electron chi connectivity index (χ1n) is 9.13. The normalized spacial score (nSPS) is 24.0. The number of hydrogen-bond donors (Lipinski definition) is 3. The van der Waals surface area contributed by atoms with Crippen LogP contribution in [0.3, 0.4) is 0 Å². The van der Waals surface area contributed by atoms with Crippen molar-refractivity contribution in [2.24, 2.45) is 0 Å². The molecule has 0 radical (unpaired) electrons. The molecule has 1 heterocycles. The van der Waals surface area contributed by atoms with Crippen LogP contribution >= 0.6 is 0 Å². The maximum atomic E-state index is 11.6. The van der Waals surface area contributed by atoms with Crippen LogP contribution in [-0.4, -0.2) is 60.4 Å². The van der Waals surface area contributed by atoms with Crippen molar-refractivity contribution in [3.05, 3.63) is 53.6 Å². The lowest BCUT2D eigenvalue weighted by Gasteiger charge is -2.37. The van der Waals surface area contributed by atoms with Gasteiger partial charge >= 0.3 is 5.97 Å². The summed E-state index contributed by atoms with van der Waals surface area (Å²) in [6, 6.07) is 11.4. The molecular formula is C21H24O8. The van der Waals surface area contributed by atoms with Gasteiger partial charge in [0.2, 0.25) is 0 Å². The molecule has 1 aliphatic rings.